The maximum absolute atomic E-state index is 2.66. The quantitative estimate of drug-likeness (QED) is 0.381. The van der Waals surface area contributed by atoms with Crippen LogP contribution in [0.15, 0.2) is 0 Å². The zero-order valence-corrected chi connectivity index (χ0v) is 16.6. The van der Waals surface area contributed by atoms with Gasteiger partial charge in [0.25, 0.3) is 5.84 Å². The van der Waals surface area contributed by atoms with Crippen molar-refractivity contribution in [2.75, 3.05) is 13.6 Å². The van der Waals surface area contributed by atoms with Gasteiger partial charge in [-0.25, -0.2) is 9.48 Å². The van der Waals surface area contributed by atoms with Crippen molar-refractivity contribution in [1.29, 1.82) is 0 Å². The molecule has 0 aromatic rings. The van der Waals surface area contributed by atoms with Crippen LogP contribution in [-0.2, 0) is 0 Å². The van der Waals surface area contributed by atoms with Crippen molar-refractivity contribution in [2.24, 2.45) is 11.3 Å². The molecule has 0 bridgehead atoms. The maximum Gasteiger partial charge on any atom is 0.250 e. The summed E-state index contributed by atoms with van der Waals surface area (Å²) >= 11 is 0. The number of rotatable bonds is 10. The van der Waals surface area contributed by atoms with Crippen LogP contribution in [0, 0.1) is 11.3 Å². The highest BCUT2D eigenvalue weighted by Gasteiger charge is 2.63. The summed E-state index contributed by atoms with van der Waals surface area (Å²) in [6, 6.07) is 0. The second-order valence-electron chi connectivity index (χ2n) is 8.00. The lowest BCUT2D eigenvalue weighted by Crippen LogP contribution is -2.74. The molecule has 3 atom stereocenters. The fourth-order valence-corrected chi connectivity index (χ4v) is 4.57. The van der Waals surface area contributed by atoms with Crippen LogP contribution < -0.4 is 0 Å². The van der Waals surface area contributed by atoms with Crippen LogP contribution in [0.3, 0.4) is 0 Å². The van der Waals surface area contributed by atoms with Crippen LogP contribution in [-0.4, -0.2) is 34.6 Å². The van der Waals surface area contributed by atoms with E-state index in [2.05, 4.69) is 65.0 Å². The molecule has 0 saturated carbocycles. The minimum Gasteiger partial charge on any atom is -0.226 e. The Balaban J connectivity index is 2.88. The lowest BCUT2D eigenvalue weighted by Gasteiger charge is -2.54. The van der Waals surface area contributed by atoms with Crippen LogP contribution >= 0.6 is 0 Å². The Morgan fingerprint density at radius 2 is 1.82 bits per heavy atom. The molecule has 1 aliphatic rings. The third kappa shape index (κ3) is 3.36. The van der Waals surface area contributed by atoms with Crippen molar-refractivity contribution in [3.63, 3.8) is 0 Å². The average Bonchev–Trinajstić information content (AvgIpc) is 2.51. The lowest BCUT2D eigenvalue weighted by atomic mass is 9.66. The van der Waals surface area contributed by atoms with Gasteiger partial charge in [-0.15, -0.1) is 0 Å². The molecule has 0 fully saturated rings. The molecule has 0 radical (unpaired) electrons. The van der Waals surface area contributed by atoms with Crippen LogP contribution in [0.4, 0.5) is 0 Å². The monoisotopic (exact) mass is 309 g/mol. The normalized spacial score (nSPS) is 25.9. The van der Waals surface area contributed by atoms with Gasteiger partial charge in [0.15, 0.2) is 0 Å². The molecule has 1 aliphatic heterocycles. The summed E-state index contributed by atoms with van der Waals surface area (Å²) in [5.41, 5.74) is 0.531. The molecule has 22 heavy (non-hydrogen) atoms. The highest BCUT2D eigenvalue weighted by Crippen LogP contribution is 2.48. The Bertz CT molecular complexity index is 387. The van der Waals surface area contributed by atoms with Gasteiger partial charge in [0.05, 0.1) is 19.0 Å². The van der Waals surface area contributed by atoms with Crippen LogP contribution in [0.5, 0.6) is 0 Å². The summed E-state index contributed by atoms with van der Waals surface area (Å²) in [6.07, 6.45) is 9.32. The van der Waals surface area contributed by atoms with E-state index in [-0.39, 0.29) is 5.66 Å². The Morgan fingerprint density at radius 1 is 1.18 bits per heavy atom. The van der Waals surface area contributed by atoms with Gasteiger partial charge in [0.1, 0.15) is 0 Å². The summed E-state index contributed by atoms with van der Waals surface area (Å²) in [4.78, 5) is 2.66. The summed E-state index contributed by atoms with van der Waals surface area (Å²) in [6.45, 7) is 17.9. The average molecular weight is 310 g/mol. The van der Waals surface area contributed by atoms with E-state index in [4.69, 9.17) is 0 Å². The van der Waals surface area contributed by atoms with Gasteiger partial charge in [0.2, 0.25) is 5.66 Å². The Hall–Kier alpha value is -0.530. The standard InChI is InChI=1S/C20H41N2/c1-9-12-13-14-17(4)16-19(6,11-3)20(7)21(8)18(5)22(20)15-10-2/h17H,9-16H2,1-8H3/q+1. The molecule has 2 nitrogen and oxygen atoms in total. The molecule has 3 unspecified atom stereocenters. The van der Waals surface area contributed by atoms with Gasteiger partial charge in [0, 0.05) is 13.8 Å². The highest BCUT2D eigenvalue weighted by atomic mass is 15.5. The summed E-state index contributed by atoms with van der Waals surface area (Å²) in [5.74, 6) is 2.27. The highest BCUT2D eigenvalue weighted by molar-refractivity contribution is 5.78. The maximum atomic E-state index is 2.66. The molecule has 0 spiro atoms. The predicted octanol–water partition coefficient (Wildman–Crippen LogP) is 5.51. The van der Waals surface area contributed by atoms with Gasteiger partial charge in [-0.1, -0.05) is 60.3 Å². The molecule has 2 heteroatoms. The van der Waals surface area contributed by atoms with E-state index in [1.165, 1.54) is 57.3 Å². The number of amidine groups is 1. The number of unbranched alkanes of at least 4 members (excludes halogenated alkanes) is 2. The van der Waals surface area contributed by atoms with Crippen molar-refractivity contribution in [2.45, 2.75) is 99.1 Å². The first-order valence-electron chi connectivity index (χ1n) is 9.63. The molecule has 0 saturated heterocycles. The zero-order chi connectivity index (χ0) is 17.0. The molecule has 1 rings (SSSR count). The van der Waals surface area contributed by atoms with Gasteiger partial charge in [-0.05, 0) is 25.2 Å². The number of nitrogens with zero attached hydrogens (tertiary/aromatic N) is 2. The minimum atomic E-state index is 0.181. The first kappa shape index (κ1) is 19.5. The second-order valence-corrected chi connectivity index (χ2v) is 8.00. The van der Waals surface area contributed by atoms with E-state index in [1.807, 2.05) is 0 Å². The SMILES string of the molecule is CCCCCC(C)CC(C)(CC)C1(C)N(CCC)C(C)=[N+]1C. The van der Waals surface area contributed by atoms with E-state index >= 15 is 0 Å². The molecule has 1 heterocycles. The third-order valence-corrected chi connectivity index (χ3v) is 6.53. The van der Waals surface area contributed by atoms with Crippen molar-refractivity contribution in [1.82, 2.24) is 4.90 Å². The first-order chi connectivity index (χ1) is 10.3. The molecular weight excluding hydrogens is 268 g/mol. The van der Waals surface area contributed by atoms with Gasteiger partial charge in [-0.2, -0.15) is 0 Å². The largest absolute Gasteiger partial charge is 0.250 e. The fourth-order valence-electron chi connectivity index (χ4n) is 4.57. The van der Waals surface area contributed by atoms with Crippen molar-refractivity contribution in [3.05, 3.63) is 0 Å². The third-order valence-electron chi connectivity index (χ3n) is 6.53. The Kier molecular flexibility index (Phi) is 6.95. The van der Waals surface area contributed by atoms with E-state index in [9.17, 15) is 0 Å². The van der Waals surface area contributed by atoms with Gasteiger partial charge in [-0.3, -0.25) is 0 Å². The smallest absolute Gasteiger partial charge is 0.226 e. The van der Waals surface area contributed by atoms with Gasteiger partial charge < -0.3 is 0 Å². The summed E-state index contributed by atoms with van der Waals surface area (Å²) in [7, 11) is 2.29. The summed E-state index contributed by atoms with van der Waals surface area (Å²) in [5, 5.41) is 0. The van der Waals surface area contributed by atoms with Gasteiger partial charge >= 0.3 is 0 Å². The molecule has 0 N–H and O–H groups in total. The molecular formula is C20H41N2+. The Morgan fingerprint density at radius 3 is 2.32 bits per heavy atom. The molecule has 130 valence electrons. The van der Waals surface area contributed by atoms with E-state index in [1.54, 1.807) is 0 Å². The number of hydrogen-bond acceptors (Lipinski definition) is 1. The molecule has 0 aliphatic carbocycles. The van der Waals surface area contributed by atoms with Crippen molar-refractivity contribution in [3.8, 4) is 0 Å². The second kappa shape index (κ2) is 7.84. The first-order valence-corrected chi connectivity index (χ1v) is 9.63. The van der Waals surface area contributed by atoms with Crippen LogP contribution in [0.25, 0.3) is 0 Å². The van der Waals surface area contributed by atoms with E-state index in [0.717, 1.165) is 5.92 Å². The van der Waals surface area contributed by atoms with E-state index < -0.39 is 0 Å². The van der Waals surface area contributed by atoms with Crippen LogP contribution in [0.2, 0.25) is 0 Å². The van der Waals surface area contributed by atoms with Crippen LogP contribution in [0.1, 0.15) is 93.4 Å². The minimum absolute atomic E-state index is 0.181. The number of hydrogen-bond donors (Lipinski definition) is 0. The summed E-state index contributed by atoms with van der Waals surface area (Å²) < 4.78 is 2.53. The lowest BCUT2D eigenvalue weighted by molar-refractivity contribution is -0.671. The molecule has 0 aromatic carbocycles. The molecule has 0 amide bonds. The zero-order valence-electron chi connectivity index (χ0n) is 16.6. The fraction of sp³-hybridized carbons (Fsp3) is 0.950. The predicted molar refractivity (Wildman–Crippen MR) is 98.6 cm³/mol. The van der Waals surface area contributed by atoms with Crippen molar-refractivity contribution >= 4 is 5.84 Å². The molecule has 0 aromatic heterocycles. The Labute approximate surface area is 140 Å². The van der Waals surface area contributed by atoms with E-state index in [0.29, 0.717) is 5.41 Å². The topological polar surface area (TPSA) is 6.25 Å². The van der Waals surface area contributed by atoms with Crippen molar-refractivity contribution < 1.29 is 4.58 Å².